The highest BCUT2D eigenvalue weighted by Gasteiger charge is 2.11. The first kappa shape index (κ1) is 12.8. The monoisotopic (exact) mass is 289 g/mol. The molecule has 0 saturated carbocycles. The van der Waals surface area contributed by atoms with Gasteiger partial charge in [-0.1, -0.05) is 15.9 Å². The summed E-state index contributed by atoms with van der Waals surface area (Å²) >= 11 is 3.23. The van der Waals surface area contributed by atoms with Crippen molar-refractivity contribution >= 4 is 22.0 Å². The maximum absolute atomic E-state index is 11.2. The molecule has 0 heterocycles. The van der Waals surface area contributed by atoms with Crippen LogP contribution in [0.25, 0.3) is 0 Å². The van der Waals surface area contributed by atoms with E-state index >= 15 is 0 Å². The lowest BCUT2D eigenvalue weighted by Gasteiger charge is -2.09. The van der Waals surface area contributed by atoms with Crippen molar-refractivity contribution in [3.05, 3.63) is 22.2 Å². The summed E-state index contributed by atoms with van der Waals surface area (Å²) in [6.45, 7) is 1.63. The Morgan fingerprint density at radius 1 is 1.56 bits per heavy atom. The number of hydrogen-bond donors (Lipinski definition) is 3. The van der Waals surface area contributed by atoms with E-state index < -0.39 is 6.09 Å². The van der Waals surface area contributed by atoms with Gasteiger partial charge in [-0.2, -0.15) is 0 Å². The summed E-state index contributed by atoms with van der Waals surface area (Å²) in [5.41, 5.74) is 0.597. The van der Waals surface area contributed by atoms with Gasteiger partial charge >= 0.3 is 6.09 Å². The third kappa shape index (κ3) is 3.39. The van der Waals surface area contributed by atoms with Gasteiger partial charge in [-0.3, -0.25) is 0 Å². The Labute approximate surface area is 101 Å². The number of hydrogen-bond acceptors (Lipinski definition) is 4. The van der Waals surface area contributed by atoms with E-state index in [0.717, 1.165) is 0 Å². The molecule has 0 aromatic heterocycles. The molecule has 0 bridgehead atoms. The van der Waals surface area contributed by atoms with Crippen LogP contribution in [-0.2, 0) is 0 Å². The fraction of sp³-hybridized carbons (Fsp3) is 0.300. The molecule has 0 radical (unpaired) electrons. The maximum atomic E-state index is 11.2. The van der Waals surface area contributed by atoms with Crippen LogP contribution >= 0.6 is 15.9 Å². The van der Waals surface area contributed by atoms with Gasteiger partial charge in [-0.15, -0.1) is 0 Å². The molecule has 6 heteroatoms. The number of aryl methyl sites for hydroxylation is 1. The molecule has 3 N–H and O–H groups in total. The Morgan fingerprint density at radius 2 is 2.25 bits per heavy atom. The van der Waals surface area contributed by atoms with E-state index in [1.807, 2.05) is 0 Å². The molecule has 88 valence electrons. The van der Waals surface area contributed by atoms with Gasteiger partial charge in [0, 0.05) is 11.0 Å². The van der Waals surface area contributed by atoms with E-state index in [1.54, 1.807) is 13.0 Å². The van der Waals surface area contributed by atoms with E-state index in [9.17, 15) is 9.90 Å². The number of rotatable bonds is 3. The maximum Gasteiger partial charge on any atom is 0.412 e. The van der Waals surface area contributed by atoms with E-state index in [1.165, 1.54) is 6.07 Å². The van der Waals surface area contributed by atoms with Gasteiger partial charge in [0.15, 0.2) is 11.5 Å². The number of ether oxygens (including phenoxy) is 1. The Morgan fingerprint density at radius 3 is 2.88 bits per heavy atom. The van der Waals surface area contributed by atoms with Crippen molar-refractivity contribution in [1.82, 2.24) is 5.32 Å². The summed E-state index contributed by atoms with van der Waals surface area (Å²) in [5, 5.41) is 20.4. The highest BCUT2D eigenvalue weighted by atomic mass is 79.9. The van der Waals surface area contributed by atoms with E-state index in [2.05, 4.69) is 21.2 Å². The lowest BCUT2D eigenvalue weighted by Crippen LogP contribution is -2.29. The van der Waals surface area contributed by atoms with Crippen molar-refractivity contribution in [2.45, 2.75) is 6.92 Å². The molecule has 0 atom stereocenters. The average Bonchev–Trinajstić information content (AvgIpc) is 2.22. The number of phenols is 1. The van der Waals surface area contributed by atoms with E-state index in [4.69, 9.17) is 9.84 Å². The van der Waals surface area contributed by atoms with Gasteiger partial charge in [0.2, 0.25) is 0 Å². The van der Waals surface area contributed by atoms with Crippen molar-refractivity contribution in [3.8, 4) is 11.5 Å². The molecule has 16 heavy (non-hydrogen) atoms. The highest BCUT2D eigenvalue weighted by molar-refractivity contribution is 9.10. The predicted molar refractivity (Wildman–Crippen MR) is 61.7 cm³/mol. The highest BCUT2D eigenvalue weighted by Crippen LogP contribution is 2.33. The number of amides is 1. The molecular weight excluding hydrogens is 278 g/mol. The molecule has 1 rings (SSSR count). The van der Waals surface area contributed by atoms with Crippen LogP contribution in [0, 0.1) is 6.92 Å². The minimum Gasteiger partial charge on any atom is -0.504 e. The second-order valence-corrected chi connectivity index (χ2v) is 4.03. The molecule has 0 aliphatic rings. The van der Waals surface area contributed by atoms with Gasteiger partial charge in [-0.25, -0.2) is 4.79 Å². The number of carbonyl (C=O) groups excluding carboxylic acids is 1. The normalized spacial score (nSPS) is 9.94. The largest absolute Gasteiger partial charge is 0.504 e. The lowest BCUT2D eigenvalue weighted by atomic mass is 10.2. The summed E-state index contributed by atoms with van der Waals surface area (Å²) in [4.78, 5) is 11.2. The Kier molecular flexibility index (Phi) is 4.57. The van der Waals surface area contributed by atoms with E-state index in [-0.39, 0.29) is 24.7 Å². The number of aromatic hydroxyl groups is 1. The molecule has 1 aromatic carbocycles. The summed E-state index contributed by atoms with van der Waals surface area (Å²) in [6.07, 6.45) is -0.721. The molecule has 0 spiro atoms. The predicted octanol–water partition coefficient (Wildman–Crippen LogP) is 1.54. The fourth-order valence-electron chi connectivity index (χ4n) is 1.08. The standard InChI is InChI=1S/C10H12BrNO4/c1-6-4-7(11)5-8(9(6)14)16-10(15)12-2-3-13/h4-5,13-14H,2-3H2,1H3,(H,12,15). The molecule has 0 unspecified atom stereocenters. The third-order valence-electron chi connectivity index (χ3n) is 1.81. The summed E-state index contributed by atoms with van der Waals surface area (Å²) < 4.78 is 5.57. The number of carbonyl (C=O) groups is 1. The molecule has 0 aliphatic heterocycles. The van der Waals surface area contributed by atoms with Crippen molar-refractivity contribution in [3.63, 3.8) is 0 Å². The minimum absolute atomic E-state index is 0.0716. The van der Waals surface area contributed by atoms with Crippen LogP contribution in [-0.4, -0.2) is 29.5 Å². The van der Waals surface area contributed by atoms with E-state index in [0.29, 0.717) is 10.0 Å². The molecule has 0 aliphatic carbocycles. The SMILES string of the molecule is Cc1cc(Br)cc(OC(=O)NCCO)c1O. The number of phenolic OH excluding ortho intramolecular Hbond substituents is 1. The quantitative estimate of drug-likeness (QED) is 0.789. The lowest BCUT2D eigenvalue weighted by molar-refractivity contribution is 0.194. The molecule has 5 nitrogen and oxygen atoms in total. The molecule has 1 amide bonds. The Hall–Kier alpha value is -1.27. The molecular formula is C10H12BrNO4. The number of nitrogens with one attached hydrogen (secondary N) is 1. The number of halogens is 1. The van der Waals surface area contributed by atoms with Crippen LogP contribution in [0.4, 0.5) is 4.79 Å². The first-order chi connectivity index (χ1) is 7.54. The van der Waals surface area contributed by atoms with Gasteiger partial charge in [-0.05, 0) is 24.6 Å². The molecule has 1 aromatic rings. The van der Waals surface area contributed by atoms with Crippen LogP contribution in [0.1, 0.15) is 5.56 Å². The van der Waals surface area contributed by atoms with Gasteiger partial charge in [0.1, 0.15) is 0 Å². The molecule has 0 saturated heterocycles. The third-order valence-corrected chi connectivity index (χ3v) is 2.27. The first-order valence-corrected chi connectivity index (χ1v) is 5.39. The van der Waals surface area contributed by atoms with Crippen molar-refractivity contribution < 1.29 is 19.7 Å². The van der Waals surface area contributed by atoms with Crippen LogP contribution in [0.15, 0.2) is 16.6 Å². The zero-order valence-corrected chi connectivity index (χ0v) is 10.2. The average molecular weight is 290 g/mol. The Balaban J connectivity index is 2.77. The van der Waals surface area contributed by atoms with Gasteiger partial charge in [0.25, 0.3) is 0 Å². The van der Waals surface area contributed by atoms with Gasteiger partial charge in [0.05, 0.1) is 6.61 Å². The van der Waals surface area contributed by atoms with Crippen molar-refractivity contribution in [1.29, 1.82) is 0 Å². The second-order valence-electron chi connectivity index (χ2n) is 3.11. The first-order valence-electron chi connectivity index (χ1n) is 4.60. The summed E-state index contributed by atoms with van der Waals surface area (Å²) in [5.74, 6) is -0.00957. The van der Waals surface area contributed by atoms with Crippen LogP contribution in [0.2, 0.25) is 0 Å². The fourth-order valence-corrected chi connectivity index (χ4v) is 1.63. The zero-order valence-electron chi connectivity index (χ0n) is 8.66. The molecule has 0 fully saturated rings. The second kappa shape index (κ2) is 5.72. The van der Waals surface area contributed by atoms with Crippen molar-refractivity contribution in [2.75, 3.05) is 13.2 Å². The van der Waals surface area contributed by atoms with Crippen molar-refractivity contribution in [2.24, 2.45) is 0 Å². The summed E-state index contributed by atoms with van der Waals surface area (Å²) in [6, 6.07) is 3.19. The van der Waals surface area contributed by atoms with Crippen LogP contribution in [0.3, 0.4) is 0 Å². The minimum atomic E-state index is -0.721. The van der Waals surface area contributed by atoms with Crippen LogP contribution < -0.4 is 10.1 Å². The van der Waals surface area contributed by atoms with Crippen LogP contribution in [0.5, 0.6) is 11.5 Å². The Bertz CT molecular complexity index is 395. The number of benzene rings is 1. The smallest absolute Gasteiger partial charge is 0.412 e. The number of aliphatic hydroxyl groups is 1. The van der Waals surface area contributed by atoms with Gasteiger partial charge < -0.3 is 20.3 Å². The number of aliphatic hydroxyl groups excluding tert-OH is 1. The zero-order chi connectivity index (χ0) is 12.1. The topological polar surface area (TPSA) is 78.8 Å². The summed E-state index contributed by atoms with van der Waals surface area (Å²) in [7, 11) is 0.